The van der Waals surface area contributed by atoms with Crippen molar-refractivity contribution in [3.05, 3.63) is 35.4 Å². The molecule has 3 unspecified atom stereocenters. The van der Waals surface area contributed by atoms with Gasteiger partial charge in [-0.15, -0.1) is 0 Å². The fourth-order valence-electron chi connectivity index (χ4n) is 2.19. The molecule has 0 aromatic heterocycles. The molecule has 0 spiro atoms. The van der Waals surface area contributed by atoms with Crippen molar-refractivity contribution in [2.75, 3.05) is 13.7 Å². The van der Waals surface area contributed by atoms with Crippen molar-refractivity contribution in [3.63, 3.8) is 0 Å². The van der Waals surface area contributed by atoms with Crippen LogP contribution in [-0.4, -0.2) is 25.9 Å². The van der Waals surface area contributed by atoms with Crippen LogP contribution in [0.5, 0.6) is 0 Å². The van der Waals surface area contributed by atoms with Gasteiger partial charge in [-0.05, 0) is 12.5 Å². The first-order valence-corrected chi connectivity index (χ1v) is 5.54. The first kappa shape index (κ1) is 11.5. The Bertz CT molecular complexity index is 337. The molecule has 4 heteroatoms. The summed E-state index contributed by atoms with van der Waals surface area (Å²) in [4.78, 5) is 0. The van der Waals surface area contributed by atoms with Crippen molar-refractivity contribution >= 4 is 0 Å². The van der Waals surface area contributed by atoms with E-state index in [2.05, 4.69) is 42.0 Å². The summed E-state index contributed by atoms with van der Waals surface area (Å²) in [7, 11) is 1.71. The fourth-order valence-corrected chi connectivity index (χ4v) is 2.19. The maximum absolute atomic E-state index is 6.04. The number of ether oxygens (including phenoxy) is 1. The number of hydrogen-bond donors (Lipinski definition) is 3. The predicted octanol–water partition coefficient (Wildman–Crippen LogP) is 0.486. The highest BCUT2D eigenvalue weighted by atomic mass is 16.5. The lowest BCUT2D eigenvalue weighted by molar-refractivity contribution is 0.165. The molecule has 4 N–H and O–H groups in total. The Morgan fingerprint density at radius 3 is 2.56 bits per heavy atom. The Morgan fingerprint density at radius 2 is 1.94 bits per heavy atom. The first-order chi connectivity index (χ1) is 7.72. The van der Waals surface area contributed by atoms with E-state index in [1.165, 1.54) is 11.1 Å². The number of benzene rings is 1. The van der Waals surface area contributed by atoms with Crippen LogP contribution in [0.3, 0.4) is 0 Å². The number of rotatable bonds is 3. The molecule has 0 saturated carbocycles. The zero-order valence-electron chi connectivity index (χ0n) is 9.73. The van der Waals surface area contributed by atoms with Gasteiger partial charge in [-0.3, -0.25) is 5.43 Å². The fraction of sp³-hybridized carbons (Fsp3) is 0.500. The molecule has 3 atom stereocenters. The van der Waals surface area contributed by atoms with Crippen LogP contribution in [0.15, 0.2) is 24.3 Å². The lowest BCUT2D eigenvalue weighted by atomic mass is 9.91. The van der Waals surface area contributed by atoms with E-state index < -0.39 is 0 Å². The zero-order valence-corrected chi connectivity index (χ0v) is 9.73. The second-order valence-corrected chi connectivity index (χ2v) is 4.31. The number of methoxy groups -OCH3 is 1. The largest absolute Gasteiger partial charge is 0.383 e. The Hall–Kier alpha value is -0.940. The van der Waals surface area contributed by atoms with Gasteiger partial charge in [0.15, 0.2) is 0 Å². The van der Waals surface area contributed by atoms with Gasteiger partial charge in [0.1, 0.15) is 0 Å². The Kier molecular flexibility index (Phi) is 3.56. The number of nitrogens with one attached hydrogen (secondary N) is 2. The topological polar surface area (TPSA) is 59.3 Å². The van der Waals surface area contributed by atoms with Crippen LogP contribution in [0.25, 0.3) is 0 Å². The lowest BCUT2D eigenvalue weighted by Gasteiger charge is -2.20. The van der Waals surface area contributed by atoms with Gasteiger partial charge in [-0.1, -0.05) is 29.8 Å². The van der Waals surface area contributed by atoms with E-state index in [1.807, 2.05) is 0 Å². The third kappa shape index (κ3) is 2.25. The lowest BCUT2D eigenvalue weighted by Crippen LogP contribution is -2.38. The Balaban J connectivity index is 2.19. The minimum atomic E-state index is -0.0668. The summed E-state index contributed by atoms with van der Waals surface area (Å²) in [5, 5.41) is 0. The zero-order chi connectivity index (χ0) is 11.5. The molecule has 4 nitrogen and oxygen atoms in total. The average molecular weight is 221 g/mol. The molecule has 1 fully saturated rings. The molecule has 0 aliphatic carbocycles. The molecule has 1 aliphatic rings. The second kappa shape index (κ2) is 4.93. The summed E-state index contributed by atoms with van der Waals surface area (Å²) in [6.07, 6.45) is -0.0668. The SMILES string of the molecule is COCC1NNC(N)C1c1ccc(C)cc1. The molecule has 1 aromatic carbocycles. The van der Waals surface area contributed by atoms with Crippen molar-refractivity contribution in [1.82, 2.24) is 10.9 Å². The quantitative estimate of drug-likeness (QED) is 0.695. The van der Waals surface area contributed by atoms with Gasteiger partial charge in [-0.25, -0.2) is 5.43 Å². The number of hydrogen-bond acceptors (Lipinski definition) is 4. The molecule has 1 saturated heterocycles. The van der Waals surface area contributed by atoms with Crippen LogP contribution in [0.4, 0.5) is 0 Å². The van der Waals surface area contributed by atoms with Crippen molar-refractivity contribution < 1.29 is 4.74 Å². The van der Waals surface area contributed by atoms with E-state index in [1.54, 1.807) is 7.11 Å². The molecule has 0 amide bonds. The molecule has 16 heavy (non-hydrogen) atoms. The van der Waals surface area contributed by atoms with Crippen molar-refractivity contribution in [3.8, 4) is 0 Å². The van der Waals surface area contributed by atoms with Crippen molar-refractivity contribution in [2.24, 2.45) is 5.73 Å². The Morgan fingerprint density at radius 1 is 1.25 bits per heavy atom. The van der Waals surface area contributed by atoms with Crippen LogP contribution in [0.2, 0.25) is 0 Å². The minimum absolute atomic E-state index is 0.0668. The summed E-state index contributed by atoms with van der Waals surface area (Å²) < 4.78 is 5.19. The molecule has 88 valence electrons. The highest BCUT2D eigenvalue weighted by molar-refractivity contribution is 5.28. The molecular formula is C12H19N3O. The van der Waals surface area contributed by atoms with Crippen LogP contribution in [-0.2, 0) is 4.74 Å². The molecule has 1 heterocycles. The van der Waals surface area contributed by atoms with Gasteiger partial charge in [0.2, 0.25) is 0 Å². The van der Waals surface area contributed by atoms with E-state index in [9.17, 15) is 0 Å². The number of hydrazine groups is 1. The summed E-state index contributed by atoms with van der Waals surface area (Å²) >= 11 is 0. The van der Waals surface area contributed by atoms with E-state index >= 15 is 0 Å². The van der Waals surface area contributed by atoms with E-state index in [0.717, 1.165) is 0 Å². The monoisotopic (exact) mass is 221 g/mol. The molecule has 0 radical (unpaired) electrons. The molecule has 0 bridgehead atoms. The smallest absolute Gasteiger partial charge is 0.0765 e. The number of nitrogens with two attached hydrogens (primary N) is 1. The molecular weight excluding hydrogens is 202 g/mol. The highest BCUT2D eigenvalue weighted by Gasteiger charge is 2.34. The maximum atomic E-state index is 6.04. The van der Waals surface area contributed by atoms with Crippen LogP contribution in [0.1, 0.15) is 17.0 Å². The van der Waals surface area contributed by atoms with Gasteiger partial charge < -0.3 is 10.5 Å². The van der Waals surface area contributed by atoms with Gasteiger partial charge >= 0.3 is 0 Å². The predicted molar refractivity (Wildman–Crippen MR) is 63.8 cm³/mol. The molecule has 1 aliphatic heterocycles. The third-order valence-electron chi connectivity index (χ3n) is 3.06. The summed E-state index contributed by atoms with van der Waals surface area (Å²) in [6, 6.07) is 8.73. The normalized spacial score (nSPS) is 29.6. The van der Waals surface area contributed by atoms with E-state index in [-0.39, 0.29) is 18.1 Å². The van der Waals surface area contributed by atoms with E-state index in [4.69, 9.17) is 10.5 Å². The third-order valence-corrected chi connectivity index (χ3v) is 3.06. The van der Waals surface area contributed by atoms with Gasteiger partial charge in [0.05, 0.1) is 18.8 Å². The first-order valence-electron chi connectivity index (χ1n) is 5.54. The second-order valence-electron chi connectivity index (χ2n) is 4.31. The van der Waals surface area contributed by atoms with Crippen molar-refractivity contribution in [1.29, 1.82) is 0 Å². The van der Waals surface area contributed by atoms with Crippen LogP contribution < -0.4 is 16.6 Å². The van der Waals surface area contributed by atoms with Crippen LogP contribution in [0, 0.1) is 6.92 Å². The van der Waals surface area contributed by atoms with Crippen molar-refractivity contribution in [2.45, 2.75) is 25.0 Å². The number of aryl methyl sites for hydroxylation is 1. The summed E-state index contributed by atoms with van der Waals surface area (Å²) in [5.41, 5.74) is 14.8. The highest BCUT2D eigenvalue weighted by Crippen LogP contribution is 2.25. The van der Waals surface area contributed by atoms with E-state index in [0.29, 0.717) is 6.61 Å². The Labute approximate surface area is 96.1 Å². The summed E-state index contributed by atoms with van der Waals surface area (Å²) in [6.45, 7) is 2.74. The summed E-state index contributed by atoms with van der Waals surface area (Å²) in [5.74, 6) is 0.251. The van der Waals surface area contributed by atoms with Gasteiger partial charge in [0, 0.05) is 13.0 Å². The minimum Gasteiger partial charge on any atom is -0.383 e. The average Bonchev–Trinajstić information content (AvgIpc) is 2.62. The standard InChI is InChI=1S/C12H19N3O/c1-8-3-5-9(6-4-8)11-10(7-16-2)14-15-12(11)13/h3-6,10-12,14-15H,7,13H2,1-2H3. The van der Waals surface area contributed by atoms with Gasteiger partial charge in [0.25, 0.3) is 0 Å². The maximum Gasteiger partial charge on any atom is 0.0765 e. The van der Waals surface area contributed by atoms with Gasteiger partial charge in [-0.2, -0.15) is 0 Å². The molecule has 1 aromatic rings. The molecule has 2 rings (SSSR count). The van der Waals surface area contributed by atoms with Crippen LogP contribution >= 0.6 is 0 Å².